The standard InChI is InChI=1S/C17H14N4O2S/c1-24(22,23)11-6-7-14-13(10-11)15(8-9-18-14)19-17-12-4-2-3-5-16(12)20-21-17/h2-10H,1H3,(H2,18,19,20,21). The van der Waals surface area contributed by atoms with Gasteiger partial charge < -0.3 is 5.32 Å². The lowest BCUT2D eigenvalue weighted by Crippen LogP contribution is -1.98. The molecular weight excluding hydrogens is 324 g/mol. The van der Waals surface area contributed by atoms with Crippen LogP contribution in [0.1, 0.15) is 0 Å². The van der Waals surface area contributed by atoms with E-state index < -0.39 is 9.84 Å². The molecule has 120 valence electrons. The van der Waals surface area contributed by atoms with Gasteiger partial charge in [-0.2, -0.15) is 5.10 Å². The highest BCUT2D eigenvalue weighted by molar-refractivity contribution is 7.90. The number of aromatic nitrogens is 3. The highest BCUT2D eigenvalue weighted by Gasteiger charge is 2.12. The number of sulfone groups is 1. The Morgan fingerprint density at radius 2 is 1.88 bits per heavy atom. The number of benzene rings is 2. The molecular formula is C17H14N4O2S. The van der Waals surface area contributed by atoms with Crippen LogP contribution in [0.2, 0.25) is 0 Å². The van der Waals surface area contributed by atoms with E-state index >= 15 is 0 Å². The van der Waals surface area contributed by atoms with Gasteiger partial charge in [0, 0.05) is 23.2 Å². The first-order valence-corrected chi connectivity index (χ1v) is 9.20. The summed E-state index contributed by atoms with van der Waals surface area (Å²) in [5.74, 6) is 0.683. The van der Waals surface area contributed by atoms with Crippen LogP contribution in [0.3, 0.4) is 0 Å². The molecule has 4 aromatic rings. The quantitative estimate of drug-likeness (QED) is 0.599. The number of hydrogen-bond acceptors (Lipinski definition) is 5. The Morgan fingerprint density at radius 3 is 2.71 bits per heavy atom. The van der Waals surface area contributed by atoms with Crippen molar-refractivity contribution in [2.45, 2.75) is 4.90 Å². The Balaban J connectivity index is 1.87. The molecule has 0 amide bonds. The van der Waals surface area contributed by atoms with Crippen LogP contribution in [0.25, 0.3) is 21.8 Å². The largest absolute Gasteiger partial charge is 0.338 e. The summed E-state index contributed by atoms with van der Waals surface area (Å²) in [5, 5.41) is 12.2. The van der Waals surface area contributed by atoms with Crippen LogP contribution >= 0.6 is 0 Å². The molecule has 0 bridgehead atoms. The van der Waals surface area contributed by atoms with Gasteiger partial charge in [-0.25, -0.2) is 8.42 Å². The van der Waals surface area contributed by atoms with Gasteiger partial charge in [-0.05, 0) is 36.4 Å². The average molecular weight is 338 g/mol. The van der Waals surface area contributed by atoms with Crippen LogP contribution in [0.4, 0.5) is 11.5 Å². The van der Waals surface area contributed by atoms with E-state index in [9.17, 15) is 8.42 Å². The number of pyridine rings is 1. The van der Waals surface area contributed by atoms with Gasteiger partial charge in [-0.3, -0.25) is 10.1 Å². The summed E-state index contributed by atoms with van der Waals surface area (Å²) in [7, 11) is -3.29. The zero-order valence-electron chi connectivity index (χ0n) is 12.8. The van der Waals surface area contributed by atoms with E-state index in [0.29, 0.717) is 11.3 Å². The first-order valence-electron chi connectivity index (χ1n) is 7.31. The van der Waals surface area contributed by atoms with Crippen molar-refractivity contribution < 1.29 is 8.42 Å². The van der Waals surface area contributed by atoms with E-state index in [0.717, 1.165) is 22.0 Å². The molecule has 2 N–H and O–H groups in total. The summed E-state index contributed by atoms with van der Waals surface area (Å²) in [6.07, 6.45) is 2.87. The van der Waals surface area contributed by atoms with Gasteiger partial charge in [-0.15, -0.1) is 0 Å². The van der Waals surface area contributed by atoms with Crippen molar-refractivity contribution in [3.63, 3.8) is 0 Å². The second kappa shape index (κ2) is 5.31. The monoisotopic (exact) mass is 338 g/mol. The van der Waals surface area contributed by atoms with E-state index in [1.807, 2.05) is 24.3 Å². The third kappa shape index (κ3) is 2.48. The van der Waals surface area contributed by atoms with Crippen LogP contribution in [0, 0.1) is 0 Å². The molecule has 4 rings (SSSR count). The van der Waals surface area contributed by atoms with Gasteiger partial charge in [0.2, 0.25) is 0 Å². The first kappa shape index (κ1) is 14.6. The van der Waals surface area contributed by atoms with Gasteiger partial charge in [0.1, 0.15) is 0 Å². The third-order valence-corrected chi connectivity index (χ3v) is 4.97. The van der Waals surface area contributed by atoms with Crippen molar-refractivity contribution in [2.75, 3.05) is 11.6 Å². The van der Waals surface area contributed by atoms with Crippen molar-refractivity contribution in [1.29, 1.82) is 0 Å². The second-order valence-corrected chi connectivity index (χ2v) is 7.57. The molecule has 24 heavy (non-hydrogen) atoms. The minimum absolute atomic E-state index is 0.262. The van der Waals surface area contributed by atoms with Crippen LogP contribution in [-0.4, -0.2) is 29.9 Å². The lowest BCUT2D eigenvalue weighted by Gasteiger charge is -2.09. The van der Waals surface area contributed by atoms with Crippen molar-refractivity contribution in [3.8, 4) is 0 Å². The number of anilines is 2. The van der Waals surface area contributed by atoms with E-state index in [4.69, 9.17) is 0 Å². The van der Waals surface area contributed by atoms with Crippen molar-refractivity contribution >= 4 is 43.1 Å². The summed E-state index contributed by atoms with van der Waals surface area (Å²) < 4.78 is 23.6. The van der Waals surface area contributed by atoms with Crippen LogP contribution < -0.4 is 5.32 Å². The SMILES string of the molecule is CS(=O)(=O)c1ccc2nccc(Nc3n[nH]c4ccccc34)c2c1. The minimum Gasteiger partial charge on any atom is -0.338 e. The first-order chi connectivity index (χ1) is 11.5. The van der Waals surface area contributed by atoms with Crippen LogP contribution in [0.15, 0.2) is 59.6 Å². The highest BCUT2D eigenvalue weighted by Crippen LogP contribution is 2.29. The predicted octanol–water partition coefficient (Wildman–Crippen LogP) is 3.26. The molecule has 2 heterocycles. The molecule has 0 aliphatic carbocycles. The van der Waals surface area contributed by atoms with Gasteiger partial charge >= 0.3 is 0 Å². The van der Waals surface area contributed by atoms with Gasteiger partial charge in [-0.1, -0.05) is 12.1 Å². The molecule has 0 saturated heterocycles. The summed E-state index contributed by atoms with van der Waals surface area (Å²) in [6, 6.07) is 14.5. The predicted molar refractivity (Wildman–Crippen MR) is 94.2 cm³/mol. The van der Waals surface area contributed by atoms with E-state index in [2.05, 4.69) is 20.5 Å². The van der Waals surface area contributed by atoms with E-state index in [1.54, 1.807) is 30.5 Å². The normalized spacial score (nSPS) is 11.9. The maximum Gasteiger partial charge on any atom is 0.175 e. The lowest BCUT2D eigenvalue weighted by atomic mass is 10.2. The Bertz CT molecular complexity index is 1170. The molecule has 0 radical (unpaired) electrons. The van der Waals surface area contributed by atoms with Crippen LogP contribution in [-0.2, 0) is 9.84 Å². The number of H-pyrrole nitrogens is 1. The van der Waals surface area contributed by atoms with Gasteiger partial charge in [0.15, 0.2) is 15.7 Å². The number of nitrogens with one attached hydrogen (secondary N) is 2. The molecule has 0 fully saturated rings. The van der Waals surface area contributed by atoms with Crippen molar-refractivity contribution in [1.82, 2.24) is 15.2 Å². The molecule has 0 spiro atoms. The Hall–Kier alpha value is -2.93. The maximum atomic E-state index is 11.8. The molecule has 2 aromatic heterocycles. The number of para-hydroxylation sites is 1. The summed E-state index contributed by atoms with van der Waals surface area (Å²) in [6.45, 7) is 0. The Labute approximate surface area is 138 Å². The number of nitrogens with zero attached hydrogens (tertiary/aromatic N) is 2. The minimum atomic E-state index is -3.29. The van der Waals surface area contributed by atoms with E-state index in [-0.39, 0.29) is 4.90 Å². The molecule has 0 aliphatic heterocycles. The molecule has 6 nitrogen and oxygen atoms in total. The number of aromatic amines is 1. The average Bonchev–Trinajstić information content (AvgIpc) is 2.97. The molecule has 0 atom stereocenters. The number of hydrogen-bond donors (Lipinski definition) is 2. The topological polar surface area (TPSA) is 87.7 Å². The number of rotatable bonds is 3. The summed E-state index contributed by atoms with van der Waals surface area (Å²) >= 11 is 0. The Morgan fingerprint density at radius 1 is 1.04 bits per heavy atom. The fraction of sp³-hybridized carbons (Fsp3) is 0.0588. The molecule has 0 saturated carbocycles. The van der Waals surface area contributed by atoms with Crippen molar-refractivity contribution in [2.24, 2.45) is 0 Å². The zero-order valence-corrected chi connectivity index (χ0v) is 13.6. The lowest BCUT2D eigenvalue weighted by molar-refractivity contribution is 0.602. The number of fused-ring (bicyclic) bond motifs is 2. The second-order valence-electron chi connectivity index (χ2n) is 5.55. The Kier molecular flexibility index (Phi) is 3.24. The molecule has 0 aliphatic rings. The molecule has 0 unspecified atom stereocenters. The van der Waals surface area contributed by atoms with Crippen LogP contribution in [0.5, 0.6) is 0 Å². The van der Waals surface area contributed by atoms with E-state index in [1.165, 1.54) is 6.26 Å². The zero-order chi connectivity index (χ0) is 16.7. The molecule has 2 aromatic carbocycles. The fourth-order valence-corrected chi connectivity index (χ4v) is 3.30. The van der Waals surface area contributed by atoms with Gasteiger partial charge in [0.05, 0.1) is 21.6 Å². The smallest absolute Gasteiger partial charge is 0.175 e. The highest BCUT2D eigenvalue weighted by atomic mass is 32.2. The maximum absolute atomic E-state index is 11.8. The molecule has 7 heteroatoms. The summed E-state index contributed by atoms with van der Waals surface area (Å²) in [4.78, 5) is 4.56. The third-order valence-electron chi connectivity index (χ3n) is 3.86. The summed E-state index contributed by atoms with van der Waals surface area (Å²) in [5.41, 5.74) is 2.39. The van der Waals surface area contributed by atoms with Crippen molar-refractivity contribution in [3.05, 3.63) is 54.7 Å². The van der Waals surface area contributed by atoms with Gasteiger partial charge in [0.25, 0.3) is 0 Å². The fourth-order valence-electron chi connectivity index (χ4n) is 2.65.